The lowest BCUT2D eigenvalue weighted by Gasteiger charge is -2.27. The molecule has 1 aromatic carbocycles. The molecule has 1 fully saturated rings. The summed E-state index contributed by atoms with van der Waals surface area (Å²) in [7, 11) is 0. The number of fused-ring (bicyclic) bond motifs is 1. The van der Waals surface area contributed by atoms with Gasteiger partial charge in [-0.2, -0.15) is 0 Å². The SMILES string of the molecule is Nc1ncnc2c1c(-c1cccc(F)c1)cn2C1CCC(N)CC1. The molecule has 0 bridgehead atoms. The Morgan fingerprint density at radius 1 is 1.12 bits per heavy atom. The molecule has 1 saturated carbocycles. The van der Waals surface area contributed by atoms with Gasteiger partial charge in [-0.25, -0.2) is 14.4 Å². The zero-order valence-electron chi connectivity index (χ0n) is 13.3. The summed E-state index contributed by atoms with van der Waals surface area (Å²) >= 11 is 0. The Morgan fingerprint density at radius 3 is 2.67 bits per heavy atom. The van der Waals surface area contributed by atoms with Gasteiger partial charge in [0.1, 0.15) is 23.6 Å². The maximum atomic E-state index is 13.7. The Kier molecular flexibility index (Phi) is 3.69. The Balaban J connectivity index is 1.88. The fourth-order valence-corrected chi connectivity index (χ4v) is 3.64. The third kappa shape index (κ3) is 2.53. The van der Waals surface area contributed by atoms with Crippen LogP contribution in [0, 0.1) is 5.82 Å². The van der Waals surface area contributed by atoms with Crippen molar-refractivity contribution < 1.29 is 4.39 Å². The Labute approximate surface area is 139 Å². The first-order chi connectivity index (χ1) is 11.6. The number of halogens is 1. The first-order valence-corrected chi connectivity index (χ1v) is 8.26. The van der Waals surface area contributed by atoms with Gasteiger partial charge in [0, 0.05) is 23.8 Å². The van der Waals surface area contributed by atoms with Crippen LogP contribution in [0.2, 0.25) is 0 Å². The minimum absolute atomic E-state index is 0.271. The van der Waals surface area contributed by atoms with Crippen molar-refractivity contribution in [1.29, 1.82) is 0 Å². The van der Waals surface area contributed by atoms with Gasteiger partial charge < -0.3 is 16.0 Å². The highest BCUT2D eigenvalue weighted by Gasteiger charge is 2.24. The quantitative estimate of drug-likeness (QED) is 0.757. The molecule has 2 heterocycles. The molecule has 3 aromatic rings. The number of nitrogens with two attached hydrogens (primary N) is 2. The fourth-order valence-electron chi connectivity index (χ4n) is 3.64. The summed E-state index contributed by atoms with van der Waals surface area (Å²) in [5.74, 6) is 0.151. The van der Waals surface area contributed by atoms with Crippen LogP contribution in [0.5, 0.6) is 0 Å². The number of hydrogen-bond donors (Lipinski definition) is 2. The second-order valence-electron chi connectivity index (χ2n) is 6.49. The highest BCUT2D eigenvalue weighted by molar-refractivity contribution is 6.00. The summed E-state index contributed by atoms with van der Waals surface area (Å²) in [5, 5.41) is 0.790. The second-order valence-corrected chi connectivity index (χ2v) is 6.49. The smallest absolute Gasteiger partial charge is 0.146 e. The van der Waals surface area contributed by atoms with Crippen molar-refractivity contribution in [3.8, 4) is 11.1 Å². The minimum atomic E-state index is -0.271. The minimum Gasteiger partial charge on any atom is -0.383 e. The van der Waals surface area contributed by atoms with Gasteiger partial charge in [-0.15, -0.1) is 0 Å². The van der Waals surface area contributed by atoms with E-state index in [9.17, 15) is 4.39 Å². The number of rotatable bonds is 2. The maximum Gasteiger partial charge on any atom is 0.146 e. The topological polar surface area (TPSA) is 82.8 Å². The van der Waals surface area contributed by atoms with E-state index >= 15 is 0 Å². The molecular weight excluding hydrogens is 305 g/mol. The number of benzene rings is 1. The van der Waals surface area contributed by atoms with Crippen molar-refractivity contribution in [2.45, 2.75) is 37.8 Å². The normalized spacial score (nSPS) is 21.2. The first-order valence-electron chi connectivity index (χ1n) is 8.26. The summed E-state index contributed by atoms with van der Waals surface area (Å²) in [6, 6.07) is 7.15. The van der Waals surface area contributed by atoms with E-state index in [-0.39, 0.29) is 11.9 Å². The summed E-state index contributed by atoms with van der Waals surface area (Å²) in [5.41, 5.74) is 14.6. The number of hydrogen-bond acceptors (Lipinski definition) is 4. The lowest BCUT2D eigenvalue weighted by atomic mass is 9.92. The molecule has 0 spiro atoms. The highest BCUT2D eigenvalue weighted by atomic mass is 19.1. The number of aromatic nitrogens is 3. The van der Waals surface area contributed by atoms with E-state index in [0.717, 1.165) is 47.8 Å². The van der Waals surface area contributed by atoms with Gasteiger partial charge in [-0.1, -0.05) is 12.1 Å². The van der Waals surface area contributed by atoms with E-state index in [1.165, 1.54) is 18.5 Å². The molecule has 124 valence electrons. The van der Waals surface area contributed by atoms with Crippen LogP contribution in [0.15, 0.2) is 36.8 Å². The van der Waals surface area contributed by atoms with Gasteiger partial charge in [-0.3, -0.25) is 0 Å². The van der Waals surface area contributed by atoms with Gasteiger partial charge in [0.15, 0.2) is 0 Å². The van der Waals surface area contributed by atoms with Crippen LogP contribution in [-0.2, 0) is 0 Å². The second kappa shape index (κ2) is 5.87. The van der Waals surface area contributed by atoms with Crippen molar-refractivity contribution in [1.82, 2.24) is 14.5 Å². The summed E-state index contributed by atoms with van der Waals surface area (Å²) in [6.07, 6.45) is 7.54. The molecule has 0 amide bonds. The number of anilines is 1. The first kappa shape index (κ1) is 15.1. The maximum absolute atomic E-state index is 13.7. The van der Waals surface area contributed by atoms with Crippen LogP contribution >= 0.6 is 0 Å². The molecule has 0 atom stereocenters. The fraction of sp³-hybridized carbons (Fsp3) is 0.333. The van der Waals surface area contributed by atoms with Crippen LogP contribution in [0.4, 0.5) is 10.2 Å². The Morgan fingerprint density at radius 2 is 1.92 bits per heavy atom. The predicted octanol–water partition coefficient (Wildman–Crippen LogP) is 3.26. The van der Waals surface area contributed by atoms with Crippen LogP contribution in [0.3, 0.4) is 0 Å². The molecular formula is C18H20FN5. The Hall–Kier alpha value is -2.47. The van der Waals surface area contributed by atoms with E-state index in [2.05, 4.69) is 14.5 Å². The van der Waals surface area contributed by atoms with E-state index in [1.807, 2.05) is 12.3 Å². The molecule has 1 aliphatic carbocycles. The molecule has 6 heteroatoms. The van der Waals surface area contributed by atoms with Crippen LogP contribution in [0.1, 0.15) is 31.7 Å². The molecule has 2 aromatic heterocycles. The van der Waals surface area contributed by atoms with E-state index in [4.69, 9.17) is 11.5 Å². The lowest BCUT2D eigenvalue weighted by Crippen LogP contribution is -2.27. The van der Waals surface area contributed by atoms with Gasteiger partial charge in [0.05, 0.1) is 5.39 Å². The standard InChI is InChI=1S/C18H20FN5/c19-12-3-1-2-11(8-12)15-9-24(14-6-4-13(20)5-7-14)18-16(15)17(21)22-10-23-18/h1-3,8-10,13-14H,4-7,20H2,(H2,21,22,23). The largest absolute Gasteiger partial charge is 0.383 e. The van der Waals surface area contributed by atoms with Crippen molar-refractivity contribution in [2.75, 3.05) is 5.73 Å². The molecule has 1 aliphatic rings. The van der Waals surface area contributed by atoms with Crippen molar-refractivity contribution in [2.24, 2.45) is 5.73 Å². The van der Waals surface area contributed by atoms with E-state index < -0.39 is 0 Å². The zero-order valence-corrected chi connectivity index (χ0v) is 13.3. The number of nitrogens with zero attached hydrogens (tertiary/aromatic N) is 3. The molecule has 0 radical (unpaired) electrons. The molecule has 4 N–H and O–H groups in total. The number of nitrogen functional groups attached to an aromatic ring is 1. The Bertz CT molecular complexity index is 880. The molecule has 0 aliphatic heterocycles. The van der Waals surface area contributed by atoms with Crippen LogP contribution in [0.25, 0.3) is 22.2 Å². The predicted molar refractivity (Wildman–Crippen MR) is 92.8 cm³/mol. The average molecular weight is 325 g/mol. The monoisotopic (exact) mass is 325 g/mol. The summed E-state index contributed by atoms with van der Waals surface area (Å²) < 4.78 is 15.8. The molecule has 4 rings (SSSR count). The molecule has 5 nitrogen and oxygen atoms in total. The van der Waals surface area contributed by atoms with E-state index in [0.29, 0.717) is 11.9 Å². The van der Waals surface area contributed by atoms with Crippen LogP contribution in [-0.4, -0.2) is 20.6 Å². The lowest BCUT2D eigenvalue weighted by molar-refractivity contribution is 0.329. The van der Waals surface area contributed by atoms with Gasteiger partial charge >= 0.3 is 0 Å². The van der Waals surface area contributed by atoms with Crippen LogP contribution < -0.4 is 11.5 Å². The average Bonchev–Trinajstić information content (AvgIpc) is 2.97. The molecule has 0 saturated heterocycles. The molecule has 24 heavy (non-hydrogen) atoms. The van der Waals surface area contributed by atoms with Crippen molar-refractivity contribution in [3.63, 3.8) is 0 Å². The third-order valence-electron chi connectivity index (χ3n) is 4.91. The zero-order chi connectivity index (χ0) is 16.7. The van der Waals surface area contributed by atoms with Gasteiger partial charge in [-0.05, 0) is 43.4 Å². The van der Waals surface area contributed by atoms with E-state index in [1.54, 1.807) is 6.07 Å². The van der Waals surface area contributed by atoms with Gasteiger partial charge in [0.2, 0.25) is 0 Å². The summed E-state index contributed by atoms with van der Waals surface area (Å²) in [4.78, 5) is 8.58. The van der Waals surface area contributed by atoms with Crippen molar-refractivity contribution >= 4 is 16.9 Å². The van der Waals surface area contributed by atoms with Crippen molar-refractivity contribution in [3.05, 3.63) is 42.6 Å². The summed E-state index contributed by atoms with van der Waals surface area (Å²) in [6.45, 7) is 0. The highest BCUT2D eigenvalue weighted by Crippen LogP contribution is 2.37. The third-order valence-corrected chi connectivity index (χ3v) is 4.91. The molecule has 0 unspecified atom stereocenters. The van der Waals surface area contributed by atoms with Gasteiger partial charge in [0.25, 0.3) is 0 Å².